The van der Waals surface area contributed by atoms with Crippen molar-refractivity contribution in [1.82, 2.24) is 14.5 Å². The third-order valence-electron chi connectivity index (χ3n) is 5.93. The number of benzene rings is 2. The summed E-state index contributed by atoms with van der Waals surface area (Å²) in [4.78, 5) is 44.8. The molecule has 1 aliphatic rings. The number of carbonyl (C=O) groups is 2. The van der Waals surface area contributed by atoms with E-state index in [1.165, 1.54) is 18.7 Å². The van der Waals surface area contributed by atoms with Crippen LogP contribution >= 0.6 is 11.8 Å². The molecular formula is C26H30N4O4S. The Balaban J connectivity index is 1.53. The molecule has 4 rings (SSSR count). The van der Waals surface area contributed by atoms with E-state index in [0.29, 0.717) is 33.9 Å². The standard InChI is InChI=1S/C26H30N4O4S/c1-18(24(32)20-8-10-21(11-9-20)27-19(2)31)35-26-28-23-7-4-3-6-22(23)25(33)30(26)13-5-12-29-14-16-34-17-15-29/h3-4,6-11,18H,5,12-17H2,1-2H3,(H,27,31)/t18-/m1/s1. The van der Waals surface area contributed by atoms with Crippen LogP contribution in [-0.4, -0.2) is 64.2 Å². The maximum absolute atomic E-state index is 13.3. The fourth-order valence-electron chi connectivity index (χ4n) is 4.08. The minimum absolute atomic E-state index is 0.0633. The Morgan fingerprint density at radius 3 is 2.51 bits per heavy atom. The van der Waals surface area contributed by atoms with Crippen molar-refractivity contribution in [3.8, 4) is 0 Å². The number of fused-ring (bicyclic) bond motifs is 1. The zero-order valence-electron chi connectivity index (χ0n) is 20.0. The van der Waals surface area contributed by atoms with E-state index in [-0.39, 0.29) is 17.2 Å². The maximum Gasteiger partial charge on any atom is 0.262 e. The average Bonchev–Trinajstić information content (AvgIpc) is 2.86. The molecule has 1 N–H and O–H groups in total. The number of morpholine rings is 1. The van der Waals surface area contributed by atoms with Crippen LogP contribution in [0, 0.1) is 0 Å². The molecule has 2 aromatic carbocycles. The Morgan fingerprint density at radius 1 is 1.09 bits per heavy atom. The summed E-state index contributed by atoms with van der Waals surface area (Å²) in [6, 6.07) is 14.1. The number of para-hydroxylation sites is 1. The van der Waals surface area contributed by atoms with Gasteiger partial charge >= 0.3 is 0 Å². The molecule has 2 heterocycles. The van der Waals surface area contributed by atoms with Crippen molar-refractivity contribution >= 4 is 40.0 Å². The van der Waals surface area contributed by atoms with Gasteiger partial charge in [0.25, 0.3) is 5.56 Å². The average molecular weight is 495 g/mol. The minimum Gasteiger partial charge on any atom is -0.379 e. The molecule has 1 fully saturated rings. The Labute approximate surface area is 208 Å². The van der Waals surface area contributed by atoms with Crippen LogP contribution in [0.3, 0.4) is 0 Å². The zero-order chi connectivity index (χ0) is 24.8. The van der Waals surface area contributed by atoms with E-state index in [2.05, 4.69) is 10.2 Å². The van der Waals surface area contributed by atoms with Crippen LogP contribution in [0.2, 0.25) is 0 Å². The number of carbonyl (C=O) groups excluding carboxylic acids is 2. The largest absolute Gasteiger partial charge is 0.379 e. The number of nitrogens with zero attached hydrogens (tertiary/aromatic N) is 3. The molecule has 1 atom stereocenters. The Bertz CT molecular complexity index is 1250. The van der Waals surface area contributed by atoms with Gasteiger partial charge in [0, 0.05) is 44.4 Å². The Hall–Kier alpha value is -3.01. The molecule has 9 heteroatoms. The van der Waals surface area contributed by atoms with Crippen LogP contribution in [0.1, 0.15) is 30.6 Å². The summed E-state index contributed by atoms with van der Waals surface area (Å²) in [6.07, 6.45) is 0.806. The van der Waals surface area contributed by atoms with Gasteiger partial charge in [-0.25, -0.2) is 4.98 Å². The normalized spacial score (nSPS) is 15.1. The molecule has 0 bridgehead atoms. The minimum atomic E-state index is -0.444. The van der Waals surface area contributed by atoms with Gasteiger partial charge in [0.05, 0.1) is 29.4 Å². The molecule has 0 aliphatic carbocycles. The first-order valence-electron chi connectivity index (χ1n) is 11.8. The van der Waals surface area contributed by atoms with Crippen molar-refractivity contribution in [3.63, 3.8) is 0 Å². The number of Topliss-reactive ketones (excluding diaryl/α,β-unsaturated/α-hetero) is 1. The summed E-state index contributed by atoms with van der Waals surface area (Å²) in [7, 11) is 0. The number of hydrogen-bond donors (Lipinski definition) is 1. The van der Waals surface area contributed by atoms with Crippen LogP contribution in [0.15, 0.2) is 58.5 Å². The molecule has 0 saturated carbocycles. The third kappa shape index (κ3) is 6.36. The van der Waals surface area contributed by atoms with Crippen molar-refractivity contribution in [2.45, 2.75) is 37.2 Å². The summed E-state index contributed by atoms with van der Waals surface area (Å²) in [6.45, 7) is 7.96. The quantitative estimate of drug-likeness (QED) is 0.277. The van der Waals surface area contributed by atoms with Crippen molar-refractivity contribution < 1.29 is 14.3 Å². The summed E-state index contributed by atoms with van der Waals surface area (Å²) in [5.74, 6) is -0.228. The molecule has 1 aliphatic heterocycles. The smallest absolute Gasteiger partial charge is 0.262 e. The van der Waals surface area contributed by atoms with Crippen LogP contribution in [0.25, 0.3) is 10.9 Å². The topological polar surface area (TPSA) is 93.5 Å². The molecule has 0 radical (unpaired) electrons. The van der Waals surface area contributed by atoms with Crippen molar-refractivity contribution in [3.05, 3.63) is 64.4 Å². The van der Waals surface area contributed by atoms with E-state index in [9.17, 15) is 14.4 Å². The van der Waals surface area contributed by atoms with E-state index < -0.39 is 5.25 Å². The zero-order valence-corrected chi connectivity index (χ0v) is 20.8. The van der Waals surface area contributed by atoms with E-state index in [1.807, 2.05) is 25.1 Å². The maximum atomic E-state index is 13.3. The van der Waals surface area contributed by atoms with Crippen LogP contribution in [0.5, 0.6) is 0 Å². The molecule has 35 heavy (non-hydrogen) atoms. The first-order chi connectivity index (χ1) is 16.9. The highest BCUT2D eigenvalue weighted by molar-refractivity contribution is 8.00. The highest BCUT2D eigenvalue weighted by Gasteiger charge is 2.21. The Kier molecular flexibility index (Phi) is 8.33. The summed E-state index contributed by atoms with van der Waals surface area (Å²) < 4.78 is 7.12. The summed E-state index contributed by atoms with van der Waals surface area (Å²) in [5.41, 5.74) is 1.73. The van der Waals surface area contributed by atoms with E-state index in [0.717, 1.165) is 39.3 Å². The predicted molar refractivity (Wildman–Crippen MR) is 138 cm³/mol. The first-order valence-corrected chi connectivity index (χ1v) is 12.7. The molecule has 0 unspecified atom stereocenters. The molecule has 184 valence electrons. The number of ether oxygens (including phenoxy) is 1. The van der Waals surface area contributed by atoms with Crippen LogP contribution in [-0.2, 0) is 16.1 Å². The Morgan fingerprint density at radius 2 is 1.80 bits per heavy atom. The lowest BCUT2D eigenvalue weighted by Gasteiger charge is -2.26. The molecule has 8 nitrogen and oxygen atoms in total. The number of nitrogens with one attached hydrogen (secondary N) is 1. The highest BCUT2D eigenvalue weighted by Crippen LogP contribution is 2.26. The van der Waals surface area contributed by atoms with E-state index in [1.54, 1.807) is 34.9 Å². The van der Waals surface area contributed by atoms with Crippen molar-refractivity contribution in [2.24, 2.45) is 0 Å². The number of rotatable bonds is 9. The van der Waals surface area contributed by atoms with Gasteiger partial charge in [0.15, 0.2) is 10.9 Å². The molecule has 1 saturated heterocycles. The third-order valence-corrected chi connectivity index (χ3v) is 7.02. The van der Waals surface area contributed by atoms with E-state index in [4.69, 9.17) is 9.72 Å². The van der Waals surface area contributed by atoms with Crippen molar-refractivity contribution in [1.29, 1.82) is 0 Å². The van der Waals surface area contributed by atoms with Crippen LogP contribution in [0.4, 0.5) is 5.69 Å². The van der Waals surface area contributed by atoms with Crippen LogP contribution < -0.4 is 10.9 Å². The number of anilines is 1. The van der Waals surface area contributed by atoms with Gasteiger partial charge in [0.2, 0.25) is 5.91 Å². The second-order valence-electron chi connectivity index (χ2n) is 8.56. The monoisotopic (exact) mass is 494 g/mol. The van der Waals surface area contributed by atoms with Crippen molar-refractivity contribution in [2.75, 3.05) is 38.2 Å². The van der Waals surface area contributed by atoms with Gasteiger partial charge in [-0.05, 0) is 49.7 Å². The molecule has 3 aromatic rings. The van der Waals surface area contributed by atoms with Gasteiger partial charge in [0.1, 0.15) is 0 Å². The fourth-order valence-corrected chi connectivity index (χ4v) is 5.09. The molecule has 1 aromatic heterocycles. The lowest BCUT2D eigenvalue weighted by molar-refractivity contribution is -0.114. The van der Waals surface area contributed by atoms with E-state index >= 15 is 0 Å². The molecule has 0 spiro atoms. The van der Waals surface area contributed by atoms with Gasteiger partial charge < -0.3 is 10.1 Å². The SMILES string of the molecule is CC(=O)Nc1ccc(C(=O)[C@@H](C)Sc2nc3ccccc3c(=O)n2CCCN2CCOCC2)cc1. The molecule has 1 amide bonds. The number of aromatic nitrogens is 2. The van der Waals surface area contributed by atoms with Gasteiger partial charge in [-0.1, -0.05) is 23.9 Å². The van der Waals surface area contributed by atoms with Gasteiger partial charge in [-0.3, -0.25) is 23.9 Å². The highest BCUT2D eigenvalue weighted by atomic mass is 32.2. The fraction of sp³-hybridized carbons (Fsp3) is 0.385. The predicted octanol–water partition coefficient (Wildman–Crippen LogP) is 3.44. The first kappa shape index (κ1) is 25.1. The summed E-state index contributed by atoms with van der Waals surface area (Å²) >= 11 is 1.30. The second-order valence-corrected chi connectivity index (χ2v) is 9.87. The lowest BCUT2D eigenvalue weighted by Crippen LogP contribution is -2.37. The lowest BCUT2D eigenvalue weighted by atomic mass is 10.1. The number of thioether (sulfide) groups is 1. The van der Waals surface area contributed by atoms with Gasteiger partial charge in [-0.2, -0.15) is 0 Å². The number of hydrogen-bond acceptors (Lipinski definition) is 7. The number of ketones is 1. The molecular weight excluding hydrogens is 464 g/mol. The number of amides is 1. The second kappa shape index (κ2) is 11.6. The van der Waals surface area contributed by atoms with Gasteiger partial charge in [-0.15, -0.1) is 0 Å². The summed E-state index contributed by atoms with van der Waals surface area (Å²) in [5, 5.41) is 3.38.